The van der Waals surface area contributed by atoms with E-state index in [4.69, 9.17) is 20.3 Å². The van der Waals surface area contributed by atoms with E-state index in [9.17, 15) is 9.18 Å². The summed E-state index contributed by atoms with van der Waals surface area (Å²) in [5.41, 5.74) is 3.52. The second-order valence-corrected chi connectivity index (χ2v) is 10.7. The van der Waals surface area contributed by atoms with Gasteiger partial charge in [0.05, 0.1) is 23.6 Å². The predicted octanol–water partition coefficient (Wildman–Crippen LogP) is 4.84. The van der Waals surface area contributed by atoms with Crippen molar-refractivity contribution in [2.75, 3.05) is 13.1 Å². The Balaban J connectivity index is 1.54. The fourth-order valence-electron chi connectivity index (χ4n) is 4.53. The second kappa shape index (κ2) is 11.4. The van der Waals surface area contributed by atoms with Gasteiger partial charge >= 0.3 is 6.09 Å². The third kappa shape index (κ3) is 6.71. The van der Waals surface area contributed by atoms with Crippen molar-refractivity contribution in [1.29, 1.82) is 0 Å². The molecule has 1 unspecified atom stereocenters. The van der Waals surface area contributed by atoms with Crippen molar-refractivity contribution in [2.24, 2.45) is 15.9 Å². The Kier molecular flexibility index (Phi) is 8.17. The number of imidazole rings is 1. The summed E-state index contributed by atoms with van der Waals surface area (Å²) >= 11 is 0. The molecule has 4 rings (SSSR count). The molecular weight excluding hydrogens is 501 g/mol. The van der Waals surface area contributed by atoms with E-state index in [1.54, 1.807) is 17.2 Å². The Hall–Kier alpha value is -4.02. The van der Waals surface area contributed by atoms with Crippen LogP contribution in [0.2, 0.25) is 0 Å². The number of carbonyl (C=O) groups excluding carboxylic acids is 1. The van der Waals surface area contributed by atoms with Gasteiger partial charge in [0, 0.05) is 36.6 Å². The summed E-state index contributed by atoms with van der Waals surface area (Å²) in [6.45, 7) is 12.4. The summed E-state index contributed by atoms with van der Waals surface area (Å²) in [7, 11) is 0. The Labute approximate surface area is 227 Å². The molecular formula is C28H36FN7O3. The molecule has 0 aromatic carbocycles. The van der Waals surface area contributed by atoms with Gasteiger partial charge in [-0.15, -0.1) is 0 Å². The minimum Gasteiger partial charge on any atom is -0.469 e. The zero-order chi connectivity index (χ0) is 28.3. The number of pyridine rings is 2. The zero-order valence-corrected chi connectivity index (χ0v) is 23.3. The molecule has 1 saturated heterocycles. The van der Waals surface area contributed by atoms with E-state index in [2.05, 4.69) is 15.1 Å². The molecule has 0 saturated carbocycles. The van der Waals surface area contributed by atoms with Gasteiger partial charge in [-0.1, -0.05) is 0 Å². The number of aryl methyl sites for hydroxylation is 1. The molecule has 39 heavy (non-hydrogen) atoms. The fourth-order valence-corrected chi connectivity index (χ4v) is 4.53. The van der Waals surface area contributed by atoms with E-state index in [1.807, 2.05) is 58.1 Å². The predicted molar refractivity (Wildman–Crippen MR) is 148 cm³/mol. The topological polar surface area (TPSA) is 120 Å². The zero-order valence-electron chi connectivity index (χ0n) is 23.3. The number of fused-ring (bicyclic) bond motifs is 1. The number of ether oxygens (including phenoxy) is 2. The largest absolute Gasteiger partial charge is 0.469 e. The average molecular weight is 538 g/mol. The van der Waals surface area contributed by atoms with Gasteiger partial charge in [0.15, 0.2) is 0 Å². The van der Waals surface area contributed by atoms with Crippen molar-refractivity contribution >= 4 is 23.2 Å². The maximum Gasteiger partial charge on any atom is 0.410 e. The number of amides is 1. The molecule has 3 aromatic heterocycles. The van der Waals surface area contributed by atoms with Gasteiger partial charge in [-0.25, -0.2) is 14.2 Å². The van der Waals surface area contributed by atoms with Crippen molar-refractivity contribution in [3.05, 3.63) is 59.4 Å². The highest BCUT2D eigenvalue weighted by atomic mass is 19.1. The summed E-state index contributed by atoms with van der Waals surface area (Å²) < 4.78 is 27.0. The fraction of sp³-hybridized carbons (Fsp3) is 0.464. The van der Waals surface area contributed by atoms with Crippen LogP contribution < -0.4 is 10.6 Å². The molecule has 0 spiro atoms. The minimum atomic E-state index is -0.528. The maximum absolute atomic E-state index is 13.4. The number of hydrazone groups is 1. The molecule has 4 heterocycles. The maximum atomic E-state index is 13.4. The van der Waals surface area contributed by atoms with Crippen LogP contribution in [-0.2, 0) is 4.74 Å². The van der Waals surface area contributed by atoms with Crippen LogP contribution in [0.3, 0.4) is 0 Å². The Bertz CT molecular complexity index is 1380. The number of aliphatic imine (C=N–C) groups is 1. The first-order valence-corrected chi connectivity index (χ1v) is 13.0. The lowest BCUT2D eigenvalue weighted by Crippen LogP contribution is -2.42. The van der Waals surface area contributed by atoms with Crippen LogP contribution in [0.4, 0.5) is 9.18 Å². The van der Waals surface area contributed by atoms with Crippen LogP contribution in [0.15, 0.2) is 46.8 Å². The summed E-state index contributed by atoms with van der Waals surface area (Å²) in [5.74, 6) is 5.98. The molecule has 0 aliphatic carbocycles. The molecule has 1 aliphatic heterocycles. The normalized spacial score (nSPS) is 16.4. The number of halogens is 1. The van der Waals surface area contributed by atoms with Crippen LogP contribution in [0, 0.1) is 12.7 Å². The number of aromatic nitrogens is 3. The monoisotopic (exact) mass is 537 g/mol. The first-order valence-electron chi connectivity index (χ1n) is 13.0. The van der Waals surface area contributed by atoms with Crippen LogP contribution >= 0.6 is 0 Å². The Morgan fingerprint density at radius 3 is 2.51 bits per heavy atom. The summed E-state index contributed by atoms with van der Waals surface area (Å²) in [6, 6.07) is 6.71. The third-order valence-electron chi connectivity index (χ3n) is 6.45. The second-order valence-electron chi connectivity index (χ2n) is 10.7. The molecule has 1 fully saturated rings. The lowest BCUT2D eigenvalue weighted by Gasteiger charge is -2.32. The van der Waals surface area contributed by atoms with E-state index in [0.717, 1.165) is 5.69 Å². The van der Waals surface area contributed by atoms with Crippen LogP contribution in [-0.4, -0.2) is 61.5 Å². The van der Waals surface area contributed by atoms with Crippen LogP contribution in [0.1, 0.15) is 70.5 Å². The van der Waals surface area contributed by atoms with Gasteiger partial charge in [0.1, 0.15) is 28.9 Å². The van der Waals surface area contributed by atoms with Crippen molar-refractivity contribution in [2.45, 2.75) is 72.1 Å². The quantitative estimate of drug-likeness (QED) is 0.273. The van der Waals surface area contributed by atoms with Crippen molar-refractivity contribution in [1.82, 2.24) is 19.3 Å². The molecule has 208 valence electrons. The number of rotatable bonds is 6. The number of piperidine rings is 1. The van der Waals surface area contributed by atoms with Crippen molar-refractivity contribution < 1.29 is 18.7 Å². The number of carbonyl (C=O) groups is 1. The van der Waals surface area contributed by atoms with E-state index < -0.39 is 17.5 Å². The highest BCUT2D eigenvalue weighted by Gasteiger charge is 2.27. The molecule has 0 bridgehead atoms. The Morgan fingerprint density at radius 1 is 1.18 bits per heavy atom. The molecule has 1 amide bonds. The van der Waals surface area contributed by atoms with Crippen LogP contribution in [0.5, 0.6) is 5.88 Å². The summed E-state index contributed by atoms with van der Waals surface area (Å²) in [4.78, 5) is 27.7. The highest BCUT2D eigenvalue weighted by Crippen LogP contribution is 2.26. The smallest absolute Gasteiger partial charge is 0.410 e. The first kappa shape index (κ1) is 28.0. The Morgan fingerprint density at radius 2 is 1.90 bits per heavy atom. The number of hydrogen-bond donors (Lipinski definition) is 1. The third-order valence-corrected chi connectivity index (χ3v) is 6.45. The number of hydrogen-bond acceptors (Lipinski definition) is 8. The van der Waals surface area contributed by atoms with Crippen molar-refractivity contribution in [3.8, 4) is 5.88 Å². The molecule has 1 atom stereocenters. The standard InChI is InChI=1S/C28H36FN7O3/c1-17-15-32-24-13-20(14-25(36(17)24)38-19(3)23-8-7-21(29)16-31-23)26(34-30)18(2)33-22-9-11-35(12-10-22)27(37)39-28(4,5)6/h7-8,13-16,19,22H,9-12,30H2,1-6H3/b33-18?,34-26+. The average Bonchev–Trinajstić information content (AvgIpc) is 3.25. The number of nitrogens with zero attached hydrogens (tertiary/aromatic N) is 6. The number of nitrogens with two attached hydrogens (primary N) is 1. The van der Waals surface area contributed by atoms with E-state index in [0.29, 0.717) is 60.1 Å². The van der Waals surface area contributed by atoms with Gasteiger partial charge < -0.3 is 20.2 Å². The number of likely N-dealkylation sites (tertiary alicyclic amines) is 1. The molecule has 2 N–H and O–H groups in total. The van der Waals surface area contributed by atoms with Crippen molar-refractivity contribution in [3.63, 3.8) is 0 Å². The van der Waals surface area contributed by atoms with E-state index in [-0.39, 0.29) is 12.1 Å². The van der Waals surface area contributed by atoms with Gasteiger partial charge in [-0.05, 0) is 72.6 Å². The molecule has 1 aliphatic rings. The van der Waals surface area contributed by atoms with Gasteiger partial charge in [0.25, 0.3) is 0 Å². The van der Waals surface area contributed by atoms with E-state index >= 15 is 0 Å². The van der Waals surface area contributed by atoms with Crippen LogP contribution in [0.25, 0.3) is 5.65 Å². The summed E-state index contributed by atoms with van der Waals surface area (Å²) in [6.07, 6.45) is 3.60. The van der Waals surface area contributed by atoms with Gasteiger partial charge in [0.2, 0.25) is 5.88 Å². The lowest BCUT2D eigenvalue weighted by atomic mass is 10.0. The molecule has 10 nitrogen and oxygen atoms in total. The molecule has 3 aromatic rings. The van der Waals surface area contributed by atoms with Gasteiger partial charge in [-0.3, -0.25) is 14.4 Å². The summed E-state index contributed by atoms with van der Waals surface area (Å²) in [5, 5.41) is 4.06. The minimum absolute atomic E-state index is 0.0260. The molecule has 0 radical (unpaired) electrons. The highest BCUT2D eigenvalue weighted by molar-refractivity contribution is 6.47. The SMILES string of the molecule is CC(=NC1CCN(C(=O)OC(C)(C)C)CC1)/C(=N\N)c1cc(OC(C)c2ccc(F)cn2)n2c(C)cnc2c1. The first-order chi connectivity index (χ1) is 18.4. The van der Waals surface area contributed by atoms with E-state index in [1.165, 1.54) is 12.3 Å². The lowest BCUT2D eigenvalue weighted by molar-refractivity contribution is 0.0207. The van der Waals surface area contributed by atoms with Gasteiger partial charge in [-0.2, -0.15) is 5.10 Å². The molecule has 11 heteroatoms.